The number of hydrogen-bond acceptors (Lipinski definition) is 5. The molecule has 6 nitrogen and oxygen atoms in total. The molecule has 5 atom stereocenters. The van der Waals surface area contributed by atoms with Crippen molar-refractivity contribution in [2.45, 2.75) is 65.1 Å². The van der Waals surface area contributed by atoms with E-state index in [1.165, 1.54) is 0 Å². The Morgan fingerprint density at radius 3 is 2.20 bits per heavy atom. The average Bonchev–Trinajstić information content (AvgIpc) is 2.33. The summed E-state index contributed by atoms with van der Waals surface area (Å²) in [5.41, 5.74) is -0.597. The molecule has 1 saturated heterocycles. The molecule has 1 amide bonds. The van der Waals surface area contributed by atoms with Crippen LogP contribution in [0.3, 0.4) is 0 Å². The minimum absolute atomic E-state index is 0.0245. The minimum Gasteiger partial charge on any atom is -0.394 e. The molecule has 0 radical (unpaired) electrons. The van der Waals surface area contributed by atoms with Crippen molar-refractivity contribution in [1.29, 1.82) is 0 Å². The Balaban J connectivity index is 2.92. The van der Waals surface area contributed by atoms with Gasteiger partial charge in [0.25, 0.3) is 0 Å². The lowest BCUT2D eigenvalue weighted by Crippen LogP contribution is -2.66. The Hall–Kier alpha value is -0.690. The number of carbonyl (C=O) groups is 1. The Morgan fingerprint density at radius 2 is 1.80 bits per heavy atom. The zero-order chi connectivity index (χ0) is 15.7. The highest BCUT2D eigenvalue weighted by atomic mass is 16.5. The van der Waals surface area contributed by atoms with Crippen molar-refractivity contribution in [3.63, 3.8) is 0 Å². The lowest BCUT2D eigenvalue weighted by Gasteiger charge is -2.45. The van der Waals surface area contributed by atoms with Gasteiger partial charge in [-0.25, -0.2) is 0 Å². The summed E-state index contributed by atoms with van der Waals surface area (Å²) in [5, 5.41) is 32.1. The highest BCUT2D eigenvalue weighted by molar-refractivity contribution is 5.81. The van der Waals surface area contributed by atoms with Crippen molar-refractivity contribution >= 4 is 5.91 Å². The molecule has 0 spiro atoms. The summed E-state index contributed by atoms with van der Waals surface area (Å²) >= 11 is 0. The maximum absolute atomic E-state index is 12.1. The molecule has 0 aromatic carbocycles. The molecule has 1 rings (SSSR count). The van der Waals surface area contributed by atoms with Crippen LogP contribution in [0.1, 0.15) is 34.6 Å². The van der Waals surface area contributed by atoms with Gasteiger partial charge in [-0.1, -0.05) is 34.6 Å². The van der Waals surface area contributed by atoms with Gasteiger partial charge in [-0.2, -0.15) is 0 Å². The molecule has 1 heterocycles. The minimum atomic E-state index is -1.22. The van der Waals surface area contributed by atoms with Crippen molar-refractivity contribution in [2.75, 3.05) is 6.61 Å². The van der Waals surface area contributed by atoms with Gasteiger partial charge in [0.15, 0.2) is 0 Å². The Morgan fingerprint density at radius 1 is 1.25 bits per heavy atom. The quantitative estimate of drug-likeness (QED) is 0.569. The first kappa shape index (κ1) is 17.4. The molecule has 1 aliphatic rings. The first-order valence-electron chi connectivity index (χ1n) is 7.03. The largest absolute Gasteiger partial charge is 0.394 e. The second-order valence-electron chi connectivity index (χ2n) is 6.80. The number of aliphatic hydroxyl groups excluding tert-OH is 3. The van der Waals surface area contributed by atoms with Crippen molar-refractivity contribution in [2.24, 2.45) is 11.3 Å². The van der Waals surface area contributed by atoms with E-state index in [2.05, 4.69) is 5.32 Å². The summed E-state index contributed by atoms with van der Waals surface area (Å²) in [6.07, 6.45) is -3.68. The second kappa shape index (κ2) is 6.39. The van der Waals surface area contributed by atoms with Crippen LogP contribution >= 0.6 is 0 Å². The van der Waals surface area contributed by atoms with Gasteiger partial charge in [0.1, 0.15) is 18.3 Å². The summed E-state index contributed by atoms with van der Waals surface area (Å²) < 4.78 is 5.63. The number of nitrogens with one attached hydrogen (secondary N) is 1. The van der Waals surface area contributed by atoms with E-state index in [4.69, 9.17) is 4.74 Å². The monoisotopic (exact) mass is 289 g/mol. The van der Waals surface area contributed by atoms with E-state index in [9.17, 15) is 20.1 Å². The third-order valence-electron chi connectivity index (χ3n) is 3.60. The van der Waals surface area contributed by atoms with E-state index < -0.39 is 35.9 Å². The molecule has 0 unspecified atom stereocenters. The molecular weight excluding hydrogens is 262 g/mol. The van der Waals surface area contributed by atoms with Gasteiger partial charge in [-0.3, -0.25) is 4.79 Å². The number of aliphatic hydroxyl groups is 3. The molecular formula is C14H27NO5. The van der Waals surface area contributed by atoms with Crippen LogP contribution in [-0.4, -0.2) is 58.3 Å². The molecule has 0 saturated carbocycles. The number of hydrogen-bond donors (Lipinski definition) is 4. The first-order chi connectivity index (χ1) is 9.09. The van der Waals surface area contributed by atoms with Gasteiger partial charge in [0, 0.05) is 5.41 Å². The highest BCUT2D eigenvalue weighted by Gasteiger charge is 2.46. The van der Waals surface area contributed by atoms with Crippen LogP contribution in [0.2, 0.25) is 0 Å². The molecule has 0 aliphatic carbocycles. The van der Waals surface area contributed by atoms with Gasteiger partial charge in [-0.15, -0.1) is 0 Å². The van der Waals surface area contributed by atoms with E-state index in [-0.39, 0.29) is 18.4 Å². The number of rotatable bonds is 3. The lowest BCUT2D eigenvalue weighted by molar-refractivity contribution is -0.205. The fraction of sp³-hybridized carbons (Fsp3) is 0.929. The number of carbonyl (C=O) groups excluding carboxylic acids is 1. The van der Waals surface area contributed by atoms with Gasteiger partial charge in [-0.05, 0) is 5.92 Å². The zero-order valence-electron chi connectivity index (χ0n) is 12.8. The molecule has 1 fully saturated rings. The van der Waals surface area contributed by atoms with Crippen LogP contribution in [0, 0.1) is 11.3 Å². The van der Waals surface area contributed by atoms with Crippen LogP contribution in [0.4, 0.5) is 0 Å². The molecule has 118 valence electrons. The molecule has 6 heteroatoms. The summed E-state index contributed by atoms with van der Waals surface area (Å²) in [7, 11) is 0. The Labute approximate surface area is 120 Å². The summed E-state index contributed by atoms with van der Waals surface area (Å²) in [6, 6.07) is -0.695. The van der Waals surface area contributed by atoms with Gasteiger partial charge >= 0.3 is 0 Å². The first-order valence-corrected chi connectivity index (χ1v) is 7.03. The van der Waals surface area contributed by atoms with Crippen molar-refractivity contribution < 1.29 is 24.9 Å². The van der Waals surface area contributed by atoms with E-state index >= 15 is 0 Å². The standard InChI is InChI=1S/C14H27NO5/c1-7(2)12-9(15-13(19)14(3,4)5)11(18)10(17)8(6-16)20-12/h7-12,16-18H,6H2,1-5H3,(H,15,19)/t8-,9-,10-,11-,12+/m1/s1. The molecule has 0 bridgehead atoms. The lowest BCUT2D eigenvalue weighted by atomic mass is 9.86. The van der Waals surface area contributed by atoms with Crippen molar-refractivity contribution in [1.82, 2.24) is 5.32 Å². The summed E-state index contributed by atoms with van der Waals surface area (Å²) in [4.78, 5) is 12.1. The smallest absolute Gasteiger partial charge is 0.225 e. The highest BCUT2D eigenvalue weighted by Crippen LogP contribution is 2.27. The second-order valence-corrected chi connectivity index (χ2v) is 6.80. The predicted molar refractivity (Wildman–Crippen MR) is 74.0 cm³/mol. The average molecular weight is 289 g/mol. The summed E-state index contributed by atoms with van der Waals surface area (Å²) in [5.74, 6) is -0.193. The SMILES string of the molecule is CC(C)[C@@H]1O[C@H](CO)[C@@H](O)[C@H](O)[C@H]1NC(=O)C(C)(C)C. The van der Waals surface area contributed by atoms with Crippen LogP contribution in [0.25, 0.3) is 0 Å². The van der Waals surface area contributed by atoms with Gasteiger partial charge in [0.05, 0.1) is 18.8 Å². The number of ether oxygens (including phenoxy) is 1. The van der Waals surface area contributed by atoms with E-state index in [0.717, 1.165) is 0 Å². The Kier molecular flexibility index (Phi) is 5.54. The van der Waals surface area contributed by atoms with Crippen LogP contribution in [0.15, 0.2) is 0 Å². The van der Waals surface area contributed by atoms with Gasteiger partial charge < -0.3 is 25.4 Å². The van der Waals surface area contributed by atoms with Crippen LogP contribution in [0.5, 0.6) is 0 Å². The number of amides is 1. The third kappa shape index (κ3) is 3.69. The Bertz CT molecular complexity index is 339. The van der Waals surface area contributed by atoms with E-state index in [1.54, 1.807) is 20.8 Å². The van der Waals surface area contributed by atoms with Crippen LogP contribution in [-0.2, 0) is 9.53 Å². The molecule has 4 N–H and O–H groups in total. The normalized spacial score (nSPS) is 35.1. The molecule has 0 aromatic heterocycles. The maximum Gasteiger partial charge on any atom is 0.225 e. The molecule has 0 aromatic rings. The molecule has 1 aliphatic heterocycles. The van der Waals surface area contributed by atoms with Crippen LogP contribution < -0.4 is 5.32 Å². The van der Waals surface area contributed by atoms with E-state index in [1.807, 2.05) is 13.8 Å². The van der Waals surface area contributed by atoms with Crippen molar-refractivity contribution in [3.8, 4) is 0 Å². The van der Waals surface area contributed by atoms with E-state index in [0.29, 0.717) is 0 Å². The molecule has 20 heavy (non-hydrogen) atoms. The fourth-order valence-corrected chi connectivity index (χ4v) is 2.25. The van der Waals surface area contributed by atoms with Gasteiger partial charge in [0.2, 0.25) is 5.91 Å². The van der Waals surface area contributed by atoms with Crippen molar-refractivity contribution in [3.05, 3.63) is 0 Å². The topological polar surface area (TPSA) is 99.0 Å². The zero-order valence-corrected chi connectivity index (χ0v) is 12.8. The fourth-order valence-electron chi connectivity index (χ4n) is 2.25. The predicted octanol–water partition coefficient (Wildman–Crippen LogP) is -0.345. The maximum atomic E-state index is 12.1. The third-order valence-corrected chi connectivity index (χ3v) is 3.60. The summed E-state index contributed by atoms with van der Waals surface area (Å²) in [6.45, 7) is 8.75.